The third-order valence-corrected chi connectivity index (χ3v) is 5.77. The molecule has 0 aliphatic heterocycles. The summed E-state index contributed by atoms with van der Waals surface area (Å²) in [6, 6.07) is 25.2. The Hall–Kier alpha value is -3.40. The molecule has 0 saturated carbocycles. The summed E-state index contributed by atoms with van der Waals surface area (Å²) in [7, 11) is 0. The molecule has 32 heavy (non-hydrogen) atoms. The molecule has 0 unspecified atom stereocenters. The predicted molar refractivity (Wildman–Crippen MR) is 128 cm³/mol. The summed E-state index contributed by atoms with van der Waals surface area (Å²) in [6.45, 7) is 5.45. The van der Waals surface area contributed by atoms with Crippen LogP contribution in [0.4, 0.5) is 4.39 Å². The van der Waals surface area contributed by atoms with E-state index in [-0.39, 0.29) is 24.1 Å². The van der Waals surface area contributed by atoms with Gasteiger partial charge in [0.2, 0.25) is 5.91 Å². The first-order valence-corrected chi connectivity index (χ1v) is 11.2. The van der Waals surface area contributed by atoms with E-state index in [0.29, 0.717) is 24.6 Å². The van der Waals surface area contributed by atoms with Gasteiger partial charge in [-0.1, -0.05) is 80.6 Å². The number of halogens is 1. The van der Waals surface area contributed by atoms with Gasteiger partial charge in [0.05, 0.1) is 0 Å². The topological polar surface area (TPSA) is 34.0 Å². The van der Waals surface area contributed by atoms with E-state index in [9.17, 15) is 9.18 Å². The highest BCUT2D eigenvalue weighted by atomic mass is 19.1. The molecule has 1 aromatic heterocycles. The second kappa shape index (κ2) is 9.82. The molecule has 3 nitrogen and oxygen atoms in total. The summed E-state index contributed by atoms with van der Waals surface area (Å²) < 4.78 is 17.1. The molecule has 0 bridgehead atoms. The van der Waals surface area contributed by atoms with E-state index in [1.165, 1.54) is 11.6 Å². The van der Waals surface area contributed by atoms with Gasteiger partial charge in [-0.2, -0.15) is 0 Å². The van der Waals surface area contributed by atoms with Crippen molar-refractivity contribution in [3.63, 3.8) is 0 Å². The molecular weight excluding hydrogens is 399 g/mol. The Morgan fingerprint density at radius 2 is 1.59 bits per heavy atom. The van der Waals surface area contributed by atoms with Crippen molar-refractivity contribution in [2.75, 3.05) is 6.54 Å². The number of para-hydroxylation sites is 1. The van der Waals surface area contributed by atoms with Crippen LogP contribution in [0.3, 0.4) is 0 Å². The highest BCUT2D eigenvalue weighted by molar-refractivity contribution is 5.86. The van der Waals surface area contributed by atoms with Crippen molar-refractivity contribution in [2.24, 2.45) is 5.92 Å². The van der Waals surface area contributed by atoms with Crippen molar-refractivity contribution >= 4 is 16.8 Å². The molecule has 1 amide bonds. The number of amides is 1. The van der Waals surface area contributed by atoms with Crippen LogP contribution in [0.5, 0.6) is 0 Å². The number of nitrogens with zero attached hydrogens (tertiary/aromatic N) is 1. The molecule has 0 radical (unpaired) electrons. The number of hydrogen-bond acceptors (Lipinski definition) is 1. The summed E-state index contributed by atoms with van der Waals surface area (Å²) in [4.78, 5) is 12.8. The predicted octanol–water partition coefficient (Wildman–Crippen LogP) is 6.12. The molecule has 164 valence electrons. The van der Waals surface area contributed by atoms with E-state index < -0.39 is 0 Å². The fourth-order valence-corrected chi connectivity index (χ4v) is 4.18. The maximum absolute atomic E-state index is 14.9. The zero-order valence-electron chi connectivity index (χ0n) is 18.6. The van der Waals surface area contributed by atoms with E-state index in [1.807, 2.05) is 36.4 Å². The smallest absolute Gasteiger partial charge is 0.220 e. The van der Waals surface area contributed by atoms with Crippen molar-refractivity contribution in [2.45, 2.75) is 32.7 Å². The molecule has 1 heterocycles. The first kappa shape index (κ1) is 21.8. The number of nitrogens with one attached hydrogen (secondary N) is 1. The molecule has 1 N–H and O–H groups in total. The maximum Gasteiger partial charge on any atom is 0.220 e. The normalized spacial score (nSPS) is 12.2. The van der Waals surface area contributed by atoms with Gasteiger partial charge in [0.25, 0.3) is 0 Å². The van der Waals surface area contributed by atoms with Crippen LogP contribution >= 0.6 is 0 Å². The van der Waals surface area contributed by atoms with Gasteiger partial charge in [0.1, 0.15) is 5.82 Å². The molecule has 0 aliphatic carbocycles. The molecule has 0 saturated heterocycles. The minimum Gasteiger partial charge on any atom is -0.356 e. The lowest BCUT2D eigenvalue weighted by Crippen LogP contribution is -2.29. The average molecular weight is 429 g/mol. The van der Waals surface area contributed by atoms with E-state index >= 15 is 0 Å². The molecule has 3 aromatic carbocycles. The average Bonchev–Trinajstić information content (AvgIpc) is 3.15. The lowest BCUT2D eigenvalue weighted by Gasteiger charge is -2.18. The van der Waals surface area contributed by atoms with Gasteiger partial charge in [0, 0.05) is 42.5 Å². The van der Waals surface area contributed by atoms with Crippen molar-refractivity contribution in [1.82, 2.24) is 9.88 Å². The molecule has 4 rings (SSSR count). The fraction of sp³-hybridized carbons (Fsp3) is 0.250. The Kier molecular flexibility index (Phi) is 6.69. The Balaban J connectivity index is 1.77. The summed E-state index contributed by atoms with van der Waals surface area (Å²) in [5.74, 6) is -0.357. The SMILES string of the molecule is CC(C)CNC(=O)C[C@H](c1ccccc1F)c1cn(Cc2ccccc2)c2ccccc12. The largest absolute Gasteiger partial charge is 0.356 e. The highest BCUT2D eigenvalue weighted by Gasteiger charge is 2.25. The van der Waals surface area contributed by atoms with Crippen LogP contribution in [-0.2, 0) is 11.3 Å². The summed E-state index contributed by atoms with van der Waals surface area (Å²) in [5, 5.41) is 4.05. The van der Waals surface area contributed by atoms with Crippen LogP contribution in [0.15, 0.2) is 85.1 Å². The van der Waals surface area contributed by atoms with Crippen molar-refractivity contribution < 1.29 is 9.18 Å². The van der Waals surface area contributed by atoms with E-state index in [0.717, 1.165) is 16.5 Å². The van der Waals surface area contributed by atoms with Crippen LogP contribution in [0.25, 0.3) is 10.9 Å². The molecule has 1 atom stereocenters. The Morgan fingerprint density at radius 3 is 2.34 bits per heavy atom. The van der Waals surface area contributed by atoms with Crippen LogP contribution < -0.4 is 5.32 Å². The van der Waals surface area contributed by atoms with Gasteiger partial charge in [-0.25, -0.2) is 4.39 Å². The summed E-state index contributed by atoms with van der Waals surface area (Å²) in [6.07, 6.45) is 2.29. The van der Waals surface area contributed by atoms with E-state index in [4.69, 9.17) is 0 Å². The summed E-state index contributed by atoms with van der Waals surface area (Å²) >= 11 is 0. The number of hydrogen-bond donors (Lipinski definition) is 1. The fourth-order valence-electron chi connectivity index (χ4n) is 4.18. The molecule has 0 fully saturated rings. The first-order valence-electron chi connectivity index (χ1n) is 11.2. The first-order chi connectivity index (χ1) is 15.5. The number of rotatable bonds is 8. The van der Waals surface area contributed by atoms with Crippen LogP contribution in [0, 0.1) is 11.7 Å². The van der Waals surface area contributed by atoms with E-state index in [1.54, 1.807) is 12.1 Å². The van der Waals surface area contributed by atoms with Crippen LogP contribution in [0.2, 0.25) is 0 Å². The van der Waals surface area contributed by atoms with Gasteiger partial charge >= 0.3 is 0 Å². The van der Waals surface area contributed by atoms with Gasteiger partial charge < -0.3 is 9.88 Å². The number of carbonyl (C=O) groups excluding carboxylic acids is 1. The third-order valence-electron chi connectivity index (χ3n) is 5.77. The third kappa shape index (κ3) is 4.91. The zero-order valence-corrected chi connectivity index (χ0v) is 18.6. The number of aromatic nitrogens is 1. The lowest BCUT2D eigenvalue weighted by atomic mass is 9.87. The second-order valence-corrected chi connectivity index (χ2v) is 8.69. The monoisotopic (exact) mass is 428 g/mol. The van der Waals surface area contributed by atoms with E-state index in [2.05, 4.69) is 54.2 Å². The molecule has 4 heteroatoms. The minimum absolute atomic E-state index is 0.0631. The zero-order chi connectivity index (χ0) is 22.5. The molecule has 0 aliphatic rings. The number of benzene rings is 3. The Labute approximate surface area is 188 Å². The minimum atomic E-state index is -0.370. The number of fused-ring (bicyclic) bond motifs is 1. The van der Waals surface area contributed by atoms with Gasteiger partial charge in [-0.05, 0) is 34.7 Å². The summed E-state index contributed by atoms with van der Waals surface area (Å²) in [5.41, 5.74) is 3.79. The van der Waals surface area contributed by atoms with Crippen LogP contribution in [-0.4, -0.2) is 17.0 Å². The van der Waals surface area contributed by atoms with Crippen molar-refractivity contribution in [1.29, 1.82) is 0 Å². The van der Waals surface area contributed by atoms with Crippen molar-refractivity contribution in [3.8, 4) is 0 Å². The quantitative estimate of drug-likeness (QED) is 0.360. The highest BCUT2D eigenvalue weighted by Crippen LogP contribution is 2.36. The molecular formula is C28H29FN2O. The van der Waals surface area contributed by atoms with Gasteiger partial charge in [-0.15, -0.1) is 0 Å². The Morgan fingerprint density at radius 1 is 0.906 bits per heavy atom. The molecule has 4 aromatic rings. The lowest BCUT2D eigenvalue weighted by molar-refractivity contribution is -0.121. The second-order valence-electron chi connectivity index (χ2n) is 8.69. The molecule has 0 spiro atoms. The van der Waals surface area contributed by atoms with Crippen LogP contribution in [0.1, 0.15) is 42.9 Å². The number of carbonyl (C=O) groups is 1. The maximum atomic E-state index is 14.9. The van der Waals surface area contributed by atoms with Crippen molar-refractivity contribution in [3.05, 3.63) is 108 Å². The Bertz CT molecular complexity index is 1200. The standard InChI is InChI=1S/C28H29FN2O/c1-20(2)17-30-28(32)16-24(22-12-6-8-14-26(22)29)25-19-31(18-21-10-4-3-5-11-21)27-15-9-7-13-23(25)27/h3-15,19-20,24H,16-18H2,1-2H3,(H,30,32)/t24-/m1/s1. The van der Waals surface area contributed by atoms with Gasteiger partial charge in [0.15, 0.2) is 0 Å². The van der Waals surface area contributed by atoms with Gasteiger partial charge in [-0.3, -0.25) is 4.79 Å².